The Bertz CT molecular complexity index is 438. The Morgan fingerprint density at radius 3 is 2.90 bits per heavy atom. The molecule has 0 aliphatic carbocycles. The van der Waals surface area contributed by atoms with Crippen LogP contribution in [-0.2, 0) is 4.74 Å². The summed E-state index contributed by atoms with van der Waals surface area (Å²) in [5, 5.41) is 4.25. The monoisotopic (exact) mass is 297 g/mol. The quantitative estimate of drug-likeness (QED) is 0.866. The summed E-state index contributed by atoms with van der Waals surface area (Å²) in [5.74, 6) is 1.24. The number of nitrogens with one attached hydrogen (secondary N) is 1. The van der Waals surface area contributed by atoms with Gasteiger partial charge in [-0.25, -0.2) is 0 Å². The van der Waals surface area contributed by atoms with Crippen LogP contribution in [-0.4, -0.2) is 26.4 Å². The zero-order chi connectivity index (χ0) is 14.5. The third kappa shape index (κ3) is 3.27. The van der Waals surface area contributed by atoms with Crippen molar-refractivity contribution in [1.29, 1.82) is 0 Å². The lowest BCUT2D eigenvalue weighted by molar-refractivity contribution is 0.0775. The first-order valence-corrected chi connectivity index (χ1v) is 7.77. The summed E-state index contributed by atoms with van der Waals surface area (Å²) in [4.78, 5) is 0. The molecule has 3 nitrogen and oxygen atoms in total. The first-order chi connectivity index (χ1) is 9.71. The number of hydrogen-bond acceptors (Lipinski definition) is 3. The maximum absolute atomic E-state index is 6.12. The van der Waals surface area contributed by atoms with Gasteiger partial charge in [-0.3, -0.25) is 0 Å². The molecule has 0 aromatic heterocycles. The van der Waals surface area contributed by atoms with E-state index in [0.29, 0.717) is 23.1 Å². The molecule has 0 saturated carbocycles. The van der Waals surface area contributed by atoms with E-state index in [2.05, 4.69) is 25.2 Å². The molecule has 0 radical (unpaired) electrons. The summed E-state index contributed by atoms with van der Waals surface area (Å²) in [6.07, 6.45) is 2.49. The van der Waals surface area contributed by atoms with Crippen LogP contribution in [0.5, 0.6) is 5.75 Å². The Kier molecular flexibility index (Phi) is 5.70. The summed E-state index contributed by atoms with van der Waals surface area (Å²) < 4.78 is 11.2. The normalized spacial score (nSPS) is 23.8. The summed E-state index contributed by atoms with van der Waals surface area (Å²) >= 11 is 6.12. The van der Waals surface area contributed by atoms with Gasteiger partial charge >= 0.3 is 0 Å². The molecule has 3 unspecified atom stereocenters. The van der Waals surface area contributed by atoms with Crippen LogP contribution in [0.2, 0.25) is 5.02 Å². The average Bonchev–Trinajstić information content (AvgIpc) is 2.93. The first kappa shape index (κ1) is 15.6. The molecule has 4 heteroatoms. The molecule has 112 valence electrons. The van der Waals surface area contributed by atoms with Crippen molar-refractivity contribution in [2.24, 2.45) is 5.92 Å². The van der Waals surface area contributed by atoms with Gasteiger partial charge in [0.05, 0.1) is 18.2 Å². The Balaban J connectivity index is 2.28. The predicted molar refractivity (Wildman–Crippen MR) is 82.6 cm³/mol. The lowest BCUT2D eigenvalue weighted by Gasteiger charge is -2.28. The molecule has 1 heterocycles. The second kappa shape index (κ2) is 7.30. The molecule has 1 N–H and O–H groups in total. The van der Waals surface area contributed by atoms with E-state index in [4.69, 9.17) is 21.1 Å². The highest BCUT2D eigenvalue weighted by Crippen LogP contribution is 2.37. The van der Waals surface area contributed by atoms with Gasteiger partial charge in [0, 0.05) is 18.6 Å². The van der Waals surface area contributed by atoms with Crippen LogP contribution in [0, 0.1) is 5.92 Å². The molecule has 1 fully saturated rings. The summed E-state index contributed by atoms with van der Waals surface area (Å²) in [5.41, 5.74) is 1.22. The van der Waals surface area contributed by atoms with Gasteiger partial charge in [-0.05, 0) is 37.1 Å². The molecule has 20 heavy (non-hydrogen) atoms. The molecule has 1 aromatic rings. The predicted octanol–water partition coefficient (Wildman–Crippen LogP) is 3.81. The van der Waals surface area contributed by atoms with Crippen molar-refractivity contribution >= 4 is 11.6 Å². The van der Waals surface area contributed by atoms with Crippen molar-refractivity contribution in [2.45, 2.75) is 38.8 Å². The molecule has 2 rings (SSSR count). The minimum Gasteiger partial charge on any atom is -0.495 e. The molecule has 0 amide bonds. The van der Waals surface area contributed by atoms with Crippen molar-refractivity contribution in [3.63, 3.8) is 0 Å². The smallest absolute Gasteiger partial charge is 0.137 e. The molecular formula is C16H24ClNO2. The molecule has 1 aliphatic rings. The zero-order valence-electron chi connectivity index (χ0n) is 12.5. The standard InChI is InChI=1S/C16H24ClNO2/c1-4-14-12(8-9-20-14)16(18-5-2)11-6-7-13(17)15(10-11)19-3/h6-7,10,12,14,16,18H,4-5,8-9H2,1-3H3. The molecule has 1 aliphatic heterocycles. The van der Waals surface area contributed by atoms with Gasteiger partial charge in [-0.15, -0.1) is 0 Å². The van der Waals surface area contributed by atoms with E-state index in [0.717, 1.165) is 31.7 Å². The highest BCUT2D eigenvalue weighted by molar-refractivity contribution is 6.32. The number of halogens is 1. The van der Waals surface area contributed by atoms with Crippen molar-refractivity contribution in [2.75, 3.05) is 20.3 Å². The number of methoxy groups -OCH3 is 1. The summed E-state index contributed by atoms with van der Waals surface area (Å²) in [6, 6.07) is 6.33. The SMILES string of the molecule is CCNC(c1ccc(Cl)c(OC)c1)C1CCOC1CC. The minimum atomic E-state index is 0.290. The van der Waals surface area contributed by atoms with Gasteiger partial charge in [0.2, 0.25) is 0 Å². The van der Waals surface area contributed by atoms with Crippen LogP contribution in [0.1, 0.15) is 38.3 Å². The molecule has 1 saturated heterocycles. The third-order valence-electron chi connectivity index (χ3n) is 4.05. The Labute approximate surface area is 126 Å². The lowest BCUT2D eigenvalue weighted by atomic mass is 9.86. The fourth-order valence-electron chi connectivity index (χ4n) is 3.07. The number of rotatable bonds is 6. The van der Waals surface area contributed by atoms with Crippen LogP contribution in [0.15, 0.2) is 18.2 Å². The van der Waals surface area contributed by atoms with Gasteiger partial charge < -0.3 is 14.8 Å². The molecule has 1 aromatic carbocycles. The molecule has 0 bridgehead atoms. The topological polar surface area (TPSA) is 30.5 Å². The van der Waals surface area contributed by atoms with E-state index < -0.39 is 0 Å². The summed E-state index contributed by atoms with van der Waals surface area (Å²) in [7, 11) is 1.65. The highest BCUT2D eigenvalue weighted by atomic mass is 35.5. The van der Waals surface area contributed by atoms with Gasteiger partial charge in [-0.1, -0.05) is 31.5 Å². The first-order valence-electron chi connectivity index (χ1n) is 7.39. The van der Waals surface area contributed by atoms with Gasteiger partial charge in [-0.2, -0.15) is 0 Å². The van der Waals surface area contributed by atoms with E-state index in [1.807, 2.05) is 12.1 Å². The third-order valence-corrected chi connectivity index (χ3v) is 4.36. The van der Waals surface area contributed by atoms with Crippen LogP contribution in [0.3, 0.4) is 0 Å². The highest BCUT2D eigenvalue weighted by Gasteiger charge is 2.34. The Morgan fingerprint density at radius 2 is 2.25 bits per heavy atom. The second-order valence-corrected chi connectivity index (χ2v) is 5.61. The largest absolute Gasteiger partial charge is 0.495 e. The van der Waals surface area contributed by atoms with Crippen molar-refractivity contribution in [3.05, 3.63) is 28.8 Å². The van der Waals surface area contributed by atoms with Gasteiger partial charge in [0.25, 0.3) is 0 Å². The van der Waals surface area contributed by atoms with Crippen molar-refractivity contribution in [3.8, 4) is 5.75 Å². The van der Waals surface area contributed by atoms with Crippen LogP contribution < -0.4 is 10.1 Å². The Hall–Kier alpha value is -0.770. The van der Waals surface area contributed by atoms with E-state index in [1.165, 1.54) is 5.56 Å². The van der Waals surface area contributed by atoms with Gasteiger partial charge in [0.1, 0.15) is 5.75 Å². The molecule has 3 atom stereocenters. The number of ether oxygens (including phenoxy) is 2. The maximum atomic E-state index is 6.12. The van der Waals surface area contributed by atoms with Crippen LogP contribution in [0.25, 0.3) is 0 Å². The van der Waals surface area contributed by atoms with E-state index in [9.17, 15) is 0 Å². The van der Waals surface area contributed by atoms with Crippen molar-refractivity contribution < 1.29 is 9.47 Å². The minimum absolute atomic E-state index is 0.290. The number of hydrogen-bond donors (Lipinski definition) is 1. The summed E-state index contributed by atoms with van der Waals surface area (Å²) in [6.45, 7) is 6.11. The van der Waals surface area contributed by atoms with E-state index in [1.54, 1.807) is 7.11 Å². The average molecular weight is 298 g/mol. The fraction of sp³-hybridized carbons (Fsp3) is 0.625. The second-order valence-electron chi connectivity index (χ2n) is 5.20. The Morgan fingerprint density at radius 1 is 1.45 bits per heavy atom. The molecule has 0 spiro atoms. The van der Waals surface area contributed by atoms with Gasteiger partial charge in [0.15, 0.2) is 0 Å². The van der Waals surface area contributed by atoms with E-state index in [-0.39, 0.29) is 0 Å². The van der Waals surface area contributed by atoms with E-state index >= 15 is 0 Å². The number of benzene rings is 1. The maximum Gasteiger partial charge on any atom is 0.137 e. The fourth-order valence-corrected chi connectivity index (χ4v) is 3.27. The van der Waals surface area contributed by atoms with Crippen LogP contribution >= 0.6 is 11.6 Å². The van der Waals surface area contributed by atoms with Crippen LogP contribution in [0.4, 0.5) is 0 Å². The zero-order valence-corrected chi connectivity index (χ0v) is 13.2. The molecular weight excluding hydrogens is 274 g/mol. The lowest BCUT2D eigenvalue weighted by Crippen LogP contribution is -2.32. The van der Waals surface area contributed by atoms with Crippen molar-refractivity contribution in [1.82, 2.24) is 5.32 Å².